The van der Waals surface area contributed by atoms with E-state index < -0.39 is 0 Å². The molecule has 2 aromatic rings. The van der Waals surface area contributed by atoms with E-state index in [0.29, 0.717) is 16.7 Å². The van der Waals surface area contributed by atoms with Crippen LogP contribution in [0.15, 0.2) is 48.2 Å². The lowest BCUT2D eigenvalue weighted by Crippen LogP contribution is -2.30. The summed E-state index contributed by atoms with van der Waals surface area (Å²) in [5.74, 6) is 1.03. The number of carbonyl (C=O) groups is 1. The molecule has 1 aliphatic rings. The van der Waals surface area contributed by atoms with Gasteiger partial charge in [0.15, 0.2) is 5.11 Å². The number of amides is 1. The Morgan fingerprint density at radius 1 is 1.19 bits per heavy atom. The summed E-state index contributed by atoms with van der Waals surface area (Å²) in [7, 11) is 1.68. The summed E-state index contributed by atoms with van der Waals surface area (Å²) in [4.78, 5) is 14.4. The quantitative estimate of drug-likeness (QED) is 0.644. The molecule has 2 aromatic carbocycles. The zero-order chi connectivity index (χ0) is 18.8. The topological polar surface area (TPSA) is 41.6 Å². The van der Waals surface area contributed by atoms with Crippen molar-refractivity contribution < 1.29 is 9.53 Å². The Morgan fingerprint density at radius 2 is 1.88 bits per heavy atom. The molecule has 1 amide bonds. The molecular weight excluding hydrogens is 344 g/mol. The van der Waals surface area contributed by atoms with E-state index in [9.17, 15) is 4.79 Å². The van der Waals surface area contributed by atoms with E-state index in [1.807, 2.05) is 49.4 Å². The van der Waals surface area contributed by atoms with Crippen LogP contribution in [-0.4, -0.2) is 18.1 Å². The van der Waals surface area contributed by atoms with Crippen LogP contribution in [0, 0.1) is 6.92 Å². The average molecular weight is 366 g/mol. The first-order chi connectivity index (χ1) is 12.4. The molecule has 0 unspecified atom stereocenters. The number of thiocarbonyl (C=S) groups is 1. The van der Waals surface area contributed by atoms with Gasteiger partial charge in [0, 0.05) is 0 Å². The first-order valence-electron chi connectivity index (χ1n) is 8.53. The predicted molar refractivity (Wildman–Crippen MR) is 109 cm³/mol. The third-order valence-electron chi connectivity index (χ3n) is 4.43. The van der Waals surface area contributed by atoms with Gasteiger partial charge >= 0.3 is 0 Å². The average Bonchev–Trinajstić information content (AvgIpc) is 2.90. The van der Waals surface area contributed by atoms with Crippen molar-refractivity contribution >= 4 is 35.0 Å². The molecule has 1 aliphatic heterocycles. The molecule has 4 nitrogen and oxygen atoms in total. The van der Waals surface area contributed by atoms with Crippen molar-refractivity contribution in [2.24, 2.45) is 0 Å². The fourth-order valence-electron chi connectivity index (χ4n) is 3.00. The number of para-hydroxylation sites is 1. The van der Waals surface area contributed by atoms with Crippen molar-refractivity contribution in [2.45, 2.75) is 26.7 Å². The fraction of sp³-hybridized carbons (Fsp3) is 0.238. The van der Waals surface area contributed by atoms with Crippen LogP contribution in [0.3, 0.4) is 0 Å². The van der Waals surface area contributed by atoms with Crippen molar-refractivity contribution in [1.29, 1.82) is 0 Å². The molecule has 0 saturated carbocycles. The van der Waals surface area contributed by atoms with Crippen molar-refractivity contribution in [1.82, 2.24) is 5.32 Å². The van der Waals surface area contributed by atoms with Crippen LogP contribution in [0.2, 0.25) is 0 Å². The van der Waals surface area contributed by atoms with Crippen LogP contribution in [0.25, 0.3) is 6.08 Å². The first-order valence-corrected chi connectivity index (χ1v) is 8.94. The Hall–Kier alpha value is -2.66. The number of methoxy groups -OCH3 is 1. The van der Waals surface area contributed by atoms with Crippen LogP contribution in [-0.2, 0) is 4.79 Å². The Balaban J connectivity index is 2.00. The molecular formula is C21H22N2O2S. The number of ether oxygens (including phenoxy) is 1. The molecule has 0 radical (unpaired) electrons. The van der Waals surface area contributed by atoms with E-state index in [-0.39, 0.29) is 5.91 Å². The van der Waals surface area contributed by atoms with Gasteiger partial charge in [-0.1, -0.05) is 32.0 Å². The lowest BCUT2D eigenvalue weighted by molar-refractivity contribution is -0.113. The highest BCUT2D eigenvalue weighted by atomic mass is 32.1. The summed E-state index contributed by atoms with van der Waals surface area (Å²) in [6.45, 7) is 6.25. The minimum absolute atomic E-state index is 0.150. The van der Waals surface area contributed by atoms with E-state index in [2.05, 4.69) is 25.2 Å². The highest BCUT2D eigenvalue weighted by Crippen LogP contribution is 2.31. The number of benzene rings is 2. The SMILES string of the molecule is COc1cc(C)c(/C=C2/NC(=S)N(c3ccccc3)C2=O)cc1C(C)C. The van der Waals surface area contributed by atoms with Crippen LogP contribution < -0.4 is 15.0 Å². The molecule has 1 N–H and O–H groups in total. The summed E-state index contributed by atoms with van der Waals surface area (Å²) in [5.41, 5.74) is 4.35. The number of hydrogen-bond acceptors (Lipinski definition) is 3. The van der Waals surface area contributed by atoms with Crippen molar-refractivity contribution in [3.63, 3.8) is 0 Å². The summed E-state index contributed by atoms with van der Waals surface area (Å²) in [6, 6.07) is 13.5. The summed E-state index contributed by atoms with van der Waals surface area (Å²) >= 11 is 5.37. The largest absolute Gasteiger partial charge is 0.496 e. The molecule has 0 atom stereocenters. The van der Waals surface area contributed by atoms with Crippen LogP contribution in [0.5, 0.6) is 5.75 Å². The van der Waals surface area contributed by atoms with Crippen molar-refractivity contribution in [3.8, 4) is 5.75 Å². The molecule has 26 heavy (non-hydrogen) atoms. The summed E-state index contributed by atoms with van der Waals surface area (Å²) < 4.78 is 5.49. The van der Waals surface area contributed by atoms with Crippen LogP contribution in [0.4, 0.5) is 5.69 Å². The second kappa shape index (κ2) is 7.30. The summed E-state index contributed by atoms with van der Waals surface area (Å²) in [6.07, 6.45) is 1.86. The van der Waals surface area contributed by atoms with Crippen LogP contribution in [0.1, 0.15) is 36.5 Å². The van der Waals surface area contributed by atoms with Crippen molar-refractivity contribution in [3.05, 3.63) is 64.9 Å². The maximum Gasteiger partial charge on any atom is 0.281 e. The van der Waals surface area contributed by atoms with Gasteiger partial charge in [0.25, 0.3) is 5.91 Å². The molecule has 134 valence electrons. The van der Waals surface area contributed by atoms with Gasteiger partial charge in [-0.2, -0.15) is 0 Å². The molecule has 1 fully saturated rings. The van der Waals surface area contributed by atoms with Gasteiger partial charge in [-0.25, -0.2) is 0 Å². The molecule has 0 spiro atoms. The molecule has 0 aliphatic carbocycles. The van der Waals surface area contributed by atoms with Gasteiger partial charge in [-0.3, -0.25) is 9.69 Å². The van der Waals surface area contributed by atoms with Crippen molar-refractivity contribution in [2.75, 3.05) is 12.0 Å². The minimum atomic E-state index is -0.150. The van der Waals surface area contributed by atoms with E-state index >= 15 is 0 Å². The number of rotatable bonds is 4. The smallest absolute Gasteiger partial charge is 0.281 e. The second-order valence-electron chi connectivity index (χ2n) is 6.57. The molecule has 0 bridgehead atoms. The Bertz CT molecular complexity index is 888. The van der Waals surface area contributed by atoms with Gasteiger partial charge in [-0.15, -0.1) is 0 Å². The van der Waals surface area contributed by atoms with E-state index in [4.69, 9.17) is 17.0 Å². The van der Waals surface area contributed by atoms with Gasteiger partial charge in [0.05, 0.1) is 12.8 Å². The monoisotopic (exact) mass is 366 g/mol. The van der Waals surface area contributed by atoms with Gasteiger partial charge in [0.2, 0.25) is 0 Å². The van der Waals surface area contributed by atoms with E-state index in [1.54, 1.807) is 7.11 Å². The molecule has 5 heteroatoms. The summed E-state index contributed by atoms with van der Waals surface area (Å²) in [5, 5.41) is 3.43. The van der Waals surface area contributed by atoms with E-state index in [1.165, 1.54) is 4.90 Å². The maximum atomic E-state index is 12.9. The standard InChI is InChI=1S/C21H22N2O2S/c1-13(2)17-11-15(14(3)10-19(17)25-4)12-18-20(24)23(21(26)22-18)16-8-6-5-7-9-16/h5-13H,1-4H3,(H,22,26)/b18-12+. The number of nitrogens with zero attached hydrogens (tertiary/aromatic N) is 1. The predicted octanol–water partition coefficient (Wildman–Crippen LogP) is 4.39. The van der Waals surface area contributed by atoms with Gasteiger partial charge < -0.3 is 10.1 Å². The third kappa shape index (κ3) is 3.35. The normalized spacial score (nSPS) is 15.7. The number of nitrogens with one attached hydrogen (secondary N) is 1. The zero-order valence-electron chi connectivity index (χ0n) is 15.4. The lowest BCUT2D eigenvalue weighted by Gasteiger charge is -2.15. The second-order valence-corrected chi connectivity index (χ2v) is 6.96. The number of aryl methyl sites for hydroxylation is 1. The lowest BCUT2D eigenvalue weighted by atomic mass is 9.96. The van der Waals surface area contributed by atoms with Crippen LogP contribution >= 0.6 is 12.2 Å². The fourth-order valence-corrected chi connectivity index (χ4v) is 3.30. The van der Waals surface area contributed by atoms with E-state index in [0.717, 1.165) is 28.1 Å². The maximum absolute atomic E-state index is 12.9. The zero-order valence-corrected chi connectivity index (χ0v) is 16.2. The highest BCUT2D eigenvalue weighted by molar-refractivity contribution is 7.80. The Morgan fingerprint density at radius 3 is 2.50 bits per heavy atom. The first kappa shape index (κ1) is 18.1. The number of carbonyl (C=O) groups excluding carboxylic acids is 1. The molecule has 3 rings (SSSR count). The number of hydrogen-bond donors (Lipinski definition) is 1. The van der Waals surface area contributed by atoms with Gasteiger partial charge in [0.1, 0.15) is 11.4 Å². The Labute approximate surface area is 159 Å². The third-order valence-corrected chi connectivity index (χ3v) is 4.72. The number of anilines is 1. The minimum Gasteiger partial charge on any atom is -0.496 e. The van der Waals surface area contributed by atoms with Gasteiger partial charge in [-0.05, 0) is 72.1 Å². The highest BCUT2D eigenvalue weighted by Gasteiger charge is 2.32. The molecule has 0 aromatic heterocycles. The Kier molecular flexibility index (Phi) is 5.09. The molecule has 1 heterocycles. The molecule has 1 saturated heterocycles.